The molecule has 0 bridgehead atoms. The lowest BCUT2D eigenvalue weighted by Crippen LogP contribution is -2.51. The van der Waals surface area contributed by atoms with Crippen LogP contribution in [0.25, 0.3) is 0 Å². The first-order valence-corrected chi connectivity index (χ1v) is 11.5. The van der Waals surface area contributed by atoms with Crippen LogP contribution >= 0.6 is 11.8 Å². The zero-order valence-corrected chi connectivity index (χ0v) is 17.8. The maximum absolute atomic E-state index is 13.0. The first kappa shape index (κ1) is 22.0. The number of furan rings is 1. The molecule has 1 atom stereocenters. The van der Waals surface area contributed by atoms with Crippen LogP contribution in [0.15, 0.2) is 53.1 Å². The van der Waals surface area contributed by atoms with E-state index in [1.807, 2.05) is 36.6 Å². The highest BCUT2D eigenvalue weighted by Gasteiger charge is 2.31. The van der Waals surface area contributed by atoms with Gasteiger partial charge in [0.15, 0.2) is 5.76 Å². The lowest BCUT2D eigenvalue weighted by Gasteiger charge is -2.34. The summed E-state index contributed by atoms with van der Waals surface area (Å²) in [6, 6.07) is 12.0. The number of piperidine rings is 1. The standard InChI is InChI=1S/C22H27N3O4S/c1-30-15-11-18(24-21(27)19-8-5-14-29-19)22(28)25-12-9-16(10-13-25)20(26)23-17-6-3-2-4-7-17/h2-8,14,16,18H,9-13,15H2,1H3,(H,23,26)(H,24,27)/t18-/m0/s1. The zero-order chi connectivity index (χ0) is 21.3. The number of anilines is 1. The minimum Gasteiger partial charge on any atom is -0.459 e. The highest BCUT2D eigenvalue weighted by atomic mass is 32.2. The predicted octanol–water partition coefficient (Wildman–Crippen LogP) is 3.01. The molecule has 160 valence electrons. The third kappa shape index (κ3) is 5.89. The van der Waals surface area contributed by atoms with Crippen molar-refractivity contribution in [1.82, 2.24) is 10.2 Å². The van der Waals surface area contributed by atoms with Gasteiger partial charge in [0.1, 0.15) is 6.04 Å². The Morgan fingerprint density at radius 2 is 1.87 bits per heavy atom. The molecule has 2 aromatic rings. The molecule has 1 saturated heterocycles. The Bertz CT molecular complexity index is 833. The highest BCUT2D eigenvalue weighted by Crippen LogP contribution is 2.21. The quantitative estimate of drug-likeness (QED) is 0.673. The van der Waals surface area contributed by atoms with E-state index in [-0.39, 0.29) is 23.5 Å². The molecule has 1 aromatic carbocycles. The van der Waals surface area contributed by atoms with Gasteiger partial charge in [-0.3, -0.25) is 14.4 Å². The summed E-state index contributed by atoms with van der Waals surface area (Å²) in [5, 5.41) is 5.74. The van der Waals surface area contributed by atoms with Gasteiger partial charge in [-0.15, -0.1) is 0 Å². The van der Waals surface area contributed by atoms with Crippen molar-refractivity contribution < 1.29 is 18.8 Å². The summed E-state index contributed by atoms with van der Waals surface area (Å²) in [6.07, 6.45) is 5.14. The number of likely N-dealkylation sites (tertiary alicyclic amines) is 1. The number of nitrogens with zero attached hydrogens (tertiary/aromatic N) is 1. The van der Waals surface area contributed by atoms with Gasteiger partial charge in [-0.25, -0.2) is 0 Å². The normalized spacial score (nSPS) is 15.4. The lowest BCUT2D eigenvalue weighted by molar-refractivity contribution is -0.136. The summed E-state index contributed by atoms with van der Waals surface area (Å²) in [5.41, 5.74) is 0.777. The summed E-state index contributed by atoms with van der Waals surface area (Å²) in [6.45, 7) is 0.996. The Balaban J connectivity index is 1.54. The number of hydrogen-bond acceptors (Lipinski definition) is 5. The van der Waals surface area contributed by atoms with E-state index < -0.39 is 11.9 Å². The van der Waals surface area contributed by atoms with Crippen molar-refractivity contribution in [2.24, 2.45) is 5.92 Å². The van der Waals surface area contributed by atoms with Crippen LogP contribution in [0.1, 0.15) is 29.8 Å². The summed E-state index contributed by atoms with van der Waals surface area (Å²) in [5.74, 6) is 0.302. The van der Waals surface area contributed by atoms with Crippen molar-refractivity contribution in [3.05, 3.63) is 54.5 Å². The second kappa shape index (κ2) is 10.9. The summed E-state index contributed by atoms with van der Waals surface area (Å²) < 4.78 is 5.13. The molecule has 1 aliphatic rings. The lowest BCUT2D eigenvalue weighted by atomic mass is 9.95. The average molecular weight is 430 g/mol. The summed E-state index contributed by atoms with van der Waals surface area (Å²) >= 11 is 1.63. The Hall–Kier alpha value is -2.74. The van der Waals surface area contributed by atoms with Gasteiger partial charge in [-0.1, -0.05) is 18.2 Å². The van der Waals surface area contributed by atoms with Crippen LogP contribution in [0.2, 0.25) is 0 Å². The number of amides is 3. The molecule has 0 spiro atoms. The molecule has 2 N–H and O–H groups in total. The third-order valence-corrected chi connectivity index (χ3v) is 5.82. The molecule has 0 aliphatic carbocycles. The SMILES string of the molecule is CSCC[C@H](NC(=O)c1ccco1)C(=O)N1CCC(C(=O)Nc2ccccc2)CC1. The first-order valence-electron chi connectivity index (χ1n) is 10.1. The second-order valence-corrected chi connectivity index (χ2v) is 8.23. The molecule has 1 fully saturated rings. The number of para-hydroxylation sites is 1. The number of carbonyl (C=O) groups is 3. The van der Waals surface area contributed by atoms with Crippen LogP contribution in [0.5, 0.6) is 0 Å². The largest absolute Gasteiger partial charge is 0.459 e. The van der Waals surface area contributed by atoms with E-state index in [4.69, 9.17) is 4.42 Å². The molecule has 0 saturated carbocycles. The van der Waals surface area contributed by atoms with Gasteiger partial charge in [0.25, 0.3) is 5.91 Å². The summed E-state index contributed by atoms with van der Waals surface area (Å²) in [4.78, 5) is 39.7. The van der Waals surface area contributed by atoms with Gasteiger partial charge in [0.2, 0.25) is 11.8 Å². The fraction of sp³-hybridized carbons (Fsp3) is 0.409. The van der Waals surface area contributed by atoms with Crippen molar-refractivity contribution in [1.29, 1.82) is 0 Å². The number of carbonyl (C=O) groups excluding carboxylic acids is 3. The summed E-state index contributed by atoms with van der Waals surface area (Å²) in [7, 11) is 0. The van der Waals surface area contributed by atoms with Crippen LogP contribution < -0.4 is 10.6 Å². The van der Waals surface area contributed by atoms with Crippen molar-refractivity contribution in [2.45, 2.75) is 25.3 Å². The van der Waals surface area contributed by atoms with Gasteiger partial charge in [-0.05, 0) is 55.5 Å². The van der Waals surface area contributed by atoms with E-state index in [1.165, 1.54) is 6.26 Å². The van der Waals surface area contributed by atoms with Crippen LogP contribution in [0.3, 0.4) is 0 Å². The topological polar surface area (TPSA) is 91.7 Å². The molecule has 0 unspecified atom stereocenters. The molecular formula is C22H27N3O4S. The van der Waals surface area contributed by atoms with Crippen LogP contribution in [-0.4, -0.2) is 53.8 Å². The molecule has 8 heteroatoms. The van der Waals surface area contributed by atoms with Crippen LogP contribution in [-0.2, 0) is 9.59 Å². The smallest absolute Gasteiger partial charge is 0.287 e. The van der Waals surface area contributed by atoms with Gasteiger partial charge >= 0.3 is 0 Å². The highest BCUT2D eigenvalue weighted by molar-refractivity contribution is 7.98. The van der Waals surface area contributed by atoms with E-state index in [0.29, 0.717) is 32.4 Å². The minimum absolute atomic E-state index is 0.0154. The van der Waals surface area contributed by atoms with Gasteiger partial charge in [0, 0.05) is 24.7 Å². The van der Waals surface area contributed by atoms with Gasteiger partial charge in [-0.2, -0.15) is 11.8 Å². The minimum atomic E-state index is -0.607. The molecular weight excluding hydrogens is 402 g/mol. The maximum atomic E-state index is 13.0. The molecule has 1 aliphatic heterocycles. The van der Waals surface area contributed by atoms with Crippen LogP contribution in [0, 0.1) is 5.92 Å². The molecule has 3 rings (SSSR count). The Morgan fingerprint density at radius 3 is 2.50 bits per heavy atom. The molecule has 3 amide bonds. The molecule has 1 aromatic heterocycles. The van der Waals surface area contributed by atoms with Crippen molar-refractivity contribution in [2.75, 3.05) is 30.4 Å². The zero-order valence-electron chi connectivity index (χ0n) is 17.0. The number of nitrogens with one attached hydrogen (secondary N) is 2. The van der Waals surface area contributed by atoms with E-state index >= 15 is 0 Å². The third-order valence-electron chi connectivity index (χ3n) is 5.18. The maximum Gasteiger partial charge on any atom is 0.287 e. The van der Waals surface area contributed by atoms with Crippen molar-refractivity contribution in [3.63, 3.8) is 0 Å². The van der Waals surface area contributed by atoms with Crippen molar-refractivity contribution >= 4 is 35.2 Å². The monoisotopic (exact) mass is 429 g/mol. The Kier molecular flexibility index (Phi) is 7.96. The first-order chi connectivity index (χ1) is 14.6. The van der Waals surface area contributed by atoms with Gasteiger partial charge < -0.3 is 20.0 Å². The van der Waals surface area contributed by atoms with E-state index in [2.05, 4.69) is 10.6 Å². The average Bonchev–Trinajstić information content (AvgIpc) is 3.32. The molecule has 2 heterocycles. The Morgan fingerprint density at radius 1 is 1.13 bits per heavy atom. The number of thioether (sulfide) groups is 1. The number of hydrogen-bond donors (Lipinski definition) is 2. The van der Waals surface area contributed by atoms with E-state index in [1.54, 1.807) is 28.8 Å². The number of benzene rings is 1. The van der Waals surface area contributed by atoms with Crippen LogP contribution in [0.4, 0.5) is 5.69 Å². The van der Waals surface area contributed by atoms with Gasteiger partial charge in [0.05, 0.1) is 6.26 Å². The molecule has 30 heavy (non-hydrogen) atoms. The molecule has 7 nitrogen and oxygen atoms in total. The fourth-order valence-corrected chi connectivity index (χ4v) is 3.95. The number of rotatable bonds is 8. The van der Waals surface area contributed by atoms with E-state index in [9.17, 15) is 14.4 Å². The Labute approximate surface area is 180 Å². The predicted molar refractivity (Wildman–Crippen MR) is 117 cm³/mol. The van der Waals surface area contributed by atoms with E-state index in [0.717, 1.165) is 11.4 Å². The molecule has 0 radical (unpaired) electrons. The fourth-order valence-electron chi connectivity index (χ4n) is 3.48. The second-order valence-electron chi connectivity index (χ2n) is 7.24. The van der Waals surface area contributed by atoms with Crippen molar-refractivity contribution in [3.8, 4) is 0 Å².